The molecule has 5 aromatic rings. The summed E-state index contributed by atoms with van der Waals surface area (Å²) in [5.41, 5.74) is 2.35. The molecule has 11 heteroatoms. The maximum Gasteiger partial charge on any atom is 0.263 e. The molecular formula is C25H15FN4O4S2. The normalized spacial score (nSPS) is 11.1. The number of rotatable bonds is 7. The minimum Gasteiger partial charge on any atom is -0.472 e. The van der Waals surface area contributed by atoms with Crippen molar-refractivity contribution in [3.8, 4) is 40.0 Å². The van der Waals surface area contributed by atoms with E-state index in [-0.39, 0.29) is 21.3 Å². The molecule has 1 N–H and O–H groups in total. The van der Waals surface area contributed by atoms with E-state index in [2.05, 4.69) is 14.7 Å². The number of hydrogen-bond acceptors (Lipinski definition) is 8. The van der Waals surface area contributed by atoms with E-state index >= 15 is 0 Å². The average Bonchev–Trinajstić information content (AvgIpc) is 3.59. The fraction of sp³-hybridized carbons (Fsp3) is 0. The molecule has 0 spiro atoms. The van der Waals surface area contributed by atoms with Gasteiger partial charge in [0.05, 0.1) is 34.9 Å². The maximum atomic E-state index is 13.8. The van der Waals surface area contributed by atoms with Gasteiger partial charge in [-0.15, -0.1) is 11.3 Å². The summed E-state index contributed by atoms with van der Waals surface area (Å²) in [6.45, 7) is 0. The molecule has 5 rings (SSSR count). The van der Waals surface area contributed by atoms with Crippen molar-refractivity contribution in [2.45, 2.75) is 4.90 Å². The summed E-state index contributed by atoms with van der Waals surface area (Å²) in [5.74, 6) is 0.0397. The Morgan fingerprint density at radius 3 is 2.67 bits per heavy atom. The van der Waals surface area contributed by atoms with Gasteiger partial charge >= 0.3 is 0 Å². The molecule has 178 valence electrons. The van der Waals surface area contributed by atoms with Crippen LogP contribution in [0.25, 0.3) is 22.4 Å². The lowest BCUT2D eigenvalue weighted by atomic mass is 10.0. The highest BCUT2D eigenvalue weighted by Crippen LogP contribution is 2.37. The monoisotopic (exact) mass is 518 g/mol. The van der Waals surface area contributed by atoms with Gasteiger partial charge < -0.3 is 9.15 Å². The van der Waals surface area contributed by atoms with Crippen LogP contribution in [-0.4, -0.2) is 18.4 Å². The average molecular weight is 519 g/mol. The van der Waals surface area contributed by atoms with Gasteiger partial charge in [0.15, 0.2) is 10.9 Å². The van der Waals surface area contributed by atoms with Gasteiger partial charge in [-0.25, -0.2) is 17.8 Å². The Bertz CT molecular complexity index is 1680. The fourth-order valence-electron chi connectivity index (χ4n) is 3.39. The summed E-state index contributed by atoms with van der Waals surface area (Å²) >= 11 is 1.13. The van der Waals surface area contributed by atoms with E-state index in [1.54, 1.807) is 29.6 Å². The number of hydrogen-bond donors (Lipinski definition) is 1. The van der Waals surface area contributed by atoms with Crippen LogP contribution in [0, 0.1) is 17.1 Å². The molecule has 0 saturated heterocycles. The second-order valence-corrected chi connectivity index (χ2v) is 9.98. The zero-order chi connectivity index (χ0) is 25.1. The highest BCUT2D eigenvalue weighted by Gasteiger charge is 2.20. The lowest BCUT2D eigenvalue weighted by Gasteiger charge is -2.14. The zero-order valence-corrected chi connectivity index (χ0v) is 19.9. The maximum absolute atomic E-state index is 13.8. The number of benzene rings is 2. The van der Waals surface area contributed by atoms with Gasteiger partial charge in [0.1, 0.15) is 17.6 Å². The van der Waals surface area contributed by atoms with Crippen LogP contribution in [0.3, 0.4) is 0 Å². The third kappa shape index (κ3) is 4.81. The Morgan fingerprint density at radius 1 is 1.06 bits per heavy atom. The molecule has 3 aromatic heterocycles. The molecule has 0 unspecified atom stereocenters. The van der Waals surface area contributed by atoms with Gasteiger partial charge in [0.2, 0.25) is 0 Å². The molecule has 3 heterocycles. The van der Waals surface area contributed by atoms with Crippen molar-refractivity contribution >= 4 is 26.5 Å². The largest absolute Gasteiger partial charge is 0.472 e. The molecule has 0 atom stereocenters. The van der Waals surface area contributed by atoms with E-state index in [0.717, 1.165) is 11.3 Å². The Labute approximate surface area is 209 Å². The lowest BCUT2D eigenvalue weighted by Crippen LogP contribution is -2.13. The van der Waals surface area contributed by atoms with E-state index < -0.39 is 15.8 Å². The molecular weight excluding hydrogens is 503 g/mol. The number of ether oxygens (including phenoxy) is 1. The van der Waals surface area contributed by atoms with Crippen molar-refractivity contribution in [1.82, 2.24) is 9.97 Å². The summed E-state index contributed by atoms with van der Waals surface area (Å²) < 4.78 is 52.8. The topological polar surface area (TPSA) is 118 Å². The van der Waals surface area contributed by atoms with Gasteiger partial charge in [0, 0.05) is 28.3 Å². The predicted molar refractivity (Wildman–Crippen MR) is 131 cm³/mol. The van der Waals surface area contributed by atoms with Crippen molar-refractivity contribution in [3.05, 3.63) is 96.3 Å². The zero-order valence-electron chi connectivity index (χ0n) is 18.3. The third-order valence-corrected chi connectivity index (χ3v) is 7.23. The van der Waals surface area contributed by atoms with Crippen molar-refractivity contribution in [2.24, 2.45) is 0 Å². The smallest absolute Gasteiger partial charge is 0.263 e. The number of pyridine rings is 1. The number of halogens is 1. The van der Waals surface area contributed by atoms with Crippen molar-refractivity contribution in [2.75, 3.05) is 4.72 Å². The number of nitrogens with zero attached hydrogens (tertiary/aromatic N) is 3. The minimum absolute atomic E-state index is 0.00404. The molecule has 0 bridgehead atoms. The minimum atomic E-state index is -3.95. The van der Waals surface area contributed by atoms with Crippen LogP contribution in [0.5, 0.6) is 11.5 Å². The van der Waals surface area contributed by atoms with Crippen LogP contribution in [-0.2, 0) is 10.0 Å². The van der Waals surface area contributed by atoms with Gasteiger partial charge in [0.25, 0.3) is 10.0 Å². The quantitative estimate of drug-likeness (QED) is 0.278. The van der Waals surface area contributed by atoms with E-state index in [4.69, 9.17) is 9.15 Å². The van der Waals surface area contributed by atoms with Gasteiger partial charge in [-0.05, 0) is 42.5 Å². The molecule has 0 aliphatic heterocycles. The molecule has 0 amide bonds. The summed E-state index contributed by atoms with van der Waals surface area (Å²) in [7, 11) is -3.95. The number of anilines is 1. The number of furan rings is 1. The van der Waals surface area contributed by atoms with Gasteiger partial charge in [-0.2, -0.15) is 5.26 Å². The van der Waals surface area contributed by atoms with Crippen molar-refractivity contribution < 1.29 is 22.0 Å². The van der Waals surface area contributed by atoms with E-state index in [1.807, 2.05) is 6.07 Å². The molecule has 2 aromatic carbocycles. The van der Waals surface area contributed by atoms with Crippen LogP contribution in [0.2, 0.25) is 0 Å². The first kappa shape index (κ1) is 23.2. The molecule has 0 saturated carbocycles. The summed E-state index contributed by atoms with van der Waals surface area (Å²) in [4.78, 5) is 8.19. The Hall–Kier alpha value is -4.53. The Kier molecular flexibility index (Phi) is 6.20. The van der Waals surface area contributed by atoms with Crippen LogP contribution < -0.4 is 9.46 Å². The third-order valence-electron chi connectivity index (χ3n) is 5.08. The standard InChI is InChI=1S/C25H15FN4O4S2/c26-19-3-1-2-16(10-19)22-12-21(17-6-8-33-15-17)24(14-29-22)34-23-5-4-20(11-18(23)13-27)36(31,32)30-25-28-7-9-35-25/h1-12,14-15H,(H,28,30). The van der Waals surface area contributed by atoms with E-state index in [0.29, 0.717) is 28.1 Å². The van der Waals surface area contributed by atoms with Gasteiger partial charge in [-0.3, -0.25) is 9.71 Å². The second-order valence-electron chi connectivity index (χ2n) is 7.40. The number of sulfonamides is 1. The molecule has 0 fully saturated rings. The van der Waals surface area contributed by atoms with Gasteiger partial charge in [-0.1, -0.05) is 12.1 Å². The first-order chi connectivity index (χ1) is 17.4. The molecule has 36 heavy (non-hydrogen) atoms. The number of thiazole rings is 1. The Balaban J connectivity index is 1.51. The fourth-order valence-corrected chi connectivity index (χ4v) is 5.21. The van der Waals surface area contributed by atoms with Crippen LogP contribution >= 0.6 is 11.3 Å². The van der Waals surface area contributed by atoms with Crippen molar-refractivity contribution in [1.29, 1.82) is 5.26 Å². The molecule has 8 nitrogen and oxygen atoms in total. The number of aromatic nitrogens is 2. The predicted octanol–water partition coefficient (Wildman–Crippen LogP) is 6.07. The summed E-state index contributed by atoms with van der Waals surface area (Å²) in [6.07, 6.45) is 5.95. The SMILES string of the molecule is N#Cc1cc(S(=O)(=O)Nc2nccs2)ccc1Oc1cnc(-c2cccc(F)c2)cc1-c1ccoc1. The molecule has 0 radical (unpaired) electrons. The molecule has 0 aliphatic carbocycles. The second kappa shape index (κ2) is 9.61. The highest BCUT2D eigenvalue weighted by atomic mass is 32.2. The number of nitriles is 1. The van der Waals surface area contributed by atoms with Crippen molar-refractivity contribution in [3.63, 3.8) is 0 Å². The molecule has 0 aliphatic rings. The number of nitrogens with one attached hydrogen (secondary N) is 1. The first-order valence-electron chi connectivity index (χ1n) is 10.4. The van der Waals surface area contributed by atoms with E-state index in [1.165, 1.54) is 55.3 Å². The summed E-state index contributed by atoms with van der Waals surface area (Å²) in [6, 6.07) is 15.4. The first-order valence-corrected chi connectivity index (χ1v) is 12.7. The van der Waals surface area contributed by atoms with E-state index in [9.17, 15) is 18.1 Å². The van der Waals surface area contributed by atoms with Crippen LogP contribution in [0.4, 0.5) is 9.52 Å². The van der Waals surface area contributed by atoms with Crippen LogP contribution in [0.1, 0.15) is 5.56 Å². The summed E-state index contributed by atoms with van der Waals surface area (Å²) in [5, 5.41) is 11.5. The van der Waals surface area contributed by atoms with Crippen LogP contribution in [0.15, 0.2) is 94.2 Å². The lowest BCUT2D eigenvalue weighted by molar-refractivity contribution is 0.480. The highest BCUT2D eigenvalue weighted by molar-refractivity contribution is 7.93. The Morgan fingerprint density at radius 2 is 1.94 bits per heavy atom.